The van der Waals surface area contributed by atoms with E-state index in [9.17, 15) is 0 Å². The summed E-state index contributed by atoms with van der Waals surface area (Å²) in [6.45, 7) is 9.14. The topological polar surface area (TPSA) is 37.8 Å². The van der Waals surface area contributed by atoms with Crippen LogP contribution in [0, 0.1) is 19.8 Å². The molecule has 0 saturated carbocycles. The summed E-state index contributed by atoms with van der Waals surface area (Å²) in [6, 6.07) is 0. The number of halogens is 1. The van der Waals surface area contributed by atoms with Crippen molar-refractivity contribution in [1.82, 2.24) is 9.97 Å². The third-order valence-corrected chi connectivity index (χ3v) is 2.76. The van der Waals surface area contributed by atoms with E-state index in [1.807, 2.05) is 13.8 Å². The number of hydrogen-bond acceptors (Lipinski definition) is 3. The standard InChI is InChI=1S/C10H16BrN3/c1-6(2)5-12-10-9(11)7(3)13-8(4)14-10/h6H,5H2,1-4H3,(H,12,13,14). The molecule has 0 unspecified atom stereocenters. The molecule has 0 radical (unpaired) electrons. The Labute approximate surface area is 93.5 Å². The van der Waals surface area contributed by atoms with E-state index in [1.54, 1.807) is 0 Å². The number of rotatable bonds is 3. The minimum atomic E-state index is 0.609. The predicted molar refractivity (Wildman–Crippen MR) is 62.5 cm³/mol. The minimum Gasteiger partial charge on any atom is -0.369 e. The maximum atomic E-state index is 4.34. The smallest absolute Gasteiger partial charge is 0.144 e. The van der Waals surface area contributed by atoms with Crippen LogP contribution in [-0.4, -0.2) is 16.5 Å². The molecule has 0 saturated heterocycles. The molecule has 1 N–H and O–H groups in total. The molecule has 1 rings (SSSR count). The highest BCUT2D eigenvalue weighted by Gasteiger charge is 2.06. The molecule has 14 heavy (non-hydrogen) atoms. The third kappa shape index (κ3) is 2.94. The molecule has 1 aromatic rings. The summed E-state index contributed by atoms with van der Waals surface area (Å²) in [4.78, 5) is 8.60. The normalized spacial score (nSPS) is 10.7. The summed E-state index contributed by atoms with van der Waals surface area (Å²) in [5, 5.41) is 3.30. The zero-order chi connectivity index (χ0) is 10.7. The molecular formula is C10H16BrN3. The fourth-order valence-corrected chi connectivity index (χ4v) is 1.43. The fourth-order valence-electron chi connectivity index (χ4n) is 1.12. The quantitative estimate of drug-likeness (QED) is 0.905. The van der Waals surface area contributed by atoms with Crippen LogP contribution in [0.3, 0.4) is 0 Å². The van der Waals surface area contributed by atoms with E-state index in [0.717, 1.165) is 28.4 Å². The molecule has 1 aromatic heterocycles. The van der Waals surface area contributed by atoms with Crippen molar-refractivity contribution in [3.05, 3.63) is 16.0 Å². The van der Waals surface area contributed by atoms with Gasteiger partial charge in [0, 0.05) is 6.54 Å². The molecule has 0 aliphatic heterocycles. The van der Waals surface area contributed by atoms with Crippen LogP contribution in [0.25, 0.3) is 0 Å². The van der Waals surface area contributed by atoms with E-state index in [-0.39, 0.29) is 0 Å². The van der Waals surface area contributed by atoms with Crippen molar-refractivity contribution >= 4 is 21.7 Å². The molecule has 0 aromatic carbocycles. The first-order chi connectivity index (χ1) is 6.50. The largest absolute Gasteiger partial charge is 0.369 e. The van der Waals surface area contributed by atoms with Gasteiger partial charge in [-0.05, 0) is 35.7 Å². The van der Waals surface area contributed by atoms with Crippen LogP contribution in [0.4, 0.5) is 5.82 Å². The molecule has 78 valence electrons. The Hall–Kier alpha value is -0.640. The van der Waals surface area contributed by atoms with Gasteiger partial charge in [0.15, 0.2) is 0 Å². The molecule has 0 amide bonds. The van der Waals surface area contributed by atoms with Gasteiger partial charge in [0.25, 0.3) is 0 Å². The van der Waals surface area contributed by atoms with Gasteiger partial charge in [-0.15, -0.1) is 0 Å². The number of hydrogen-bond donors (Lipinski definition) is 1. The van der Waals surface area contributed by atoms with Gasteiger partial charge in [-0.3, -0.25) is 0 Å². The summed E-state index contributed by atoms with van der Waals surface area (Å²) in [5.41, 5.74) is 0.976. The van der Waals surface area contributed by atoms with E-state index in [2.05, 4.69) is 45.1 Å². The average Bonchev–Trinajstić information content (AvgIpc) is 2.08. The highest BCUT2D eigenvalue weighted by molar-refractivity contribution is 9.10. The van der Waals surface area contributed by atoms with Crippen LogP contribution in [0.1, 0.15) is 25.4 Å². The molecule has 0 spiro atoms. The van der Waals surface area contributed by atoms with Gasteiger partial charge in [-0.1, -0.05) is 13.8 Å². The Bertz CT molecular complexity index is 323. The first kappa shape index (κ1) is 11.4. The van der Waals surface area contributed by atoms with Crippen LogP contribution in [-0.2, 0) is 0 Å². The van der Waals surface area contributed by atoms with Crippen LogP contribution in [0.2, 0.25) is 0 Å². The minimum absolute atomic E-state index is 0.609. The van der Waals surface area contributed by atoms with Gasteiger partial charge in [-0.2, -0.15) is 0 Å². The molecule has 0 atom stereocenters. The SMILES string of the molecule is Cc1nc(C)c(Br)c(NCC(C)C)n1. The summed E-state index contributed by atoms with van der Waals surface area (Å²) in [6.07, 6.45) is 0. The Balaban J connectivity index is 2.85. The number of nitrogens with zero attached hydrogens (tertiary/aromatic N) is 2. The summed E-state index contributed by atoms with van der Waals surface area (Å²) in [7, 11) is 0. The highest BCUT2D eigenvalue weighted by atomic mass is 79.9. The van der Waals surface area contributed by atoms with Gasteiger partial charge >= 0.3 is 0 Å². The van der Waals surface area contributed by atoms with Gasteiger partial charge in [0.1, 0.15) is 11.6 Å². The second-order valence-corrected chi connectivity index (χ2v) is 4.59. The number of aryl methyl sites for hydroxylation is 2. The Morgan fingerprint density at radius 3 is 2.50 bits per heavy atom. The maximum absolute atomic E-state index is 4.34. The Kier molecular flexibility index (Phi) is 3.86. The van der Waals surface area contributed by atoms with Crippen molar-refractivity contribution < 1.29 is 0 Å². The molecule has 1 heterocycles. The summed E-state index contributed by atoms with van der Waals surface area (Å²) in [5.74, 6) is 2.30. The van der Waals surface area contributed by atoms with Crippen molar-refractivity contribution in [2.45, 2.75) is 27.7 Å². The lowest BCUT2D eigenvalue weighted by Gasteiger charge is -2.11. The lowest BCUT2D eigenvalue weighted by Crippen LogP contribution is -2.11. The second-order valence-electron chi connectivity index (χ2n) is 3.79. The summed E-state index contributed by atoms with van der Waals surface area (Å²) < 4.78 is 0.962. The van der Waals surface area contributed by atoms with E-state index < -0.39 is 0 Å². The zero-order valence-electron chi connectivity index (χ0n) is 9.06. The third-order valence-electron chi connectivity index (χ3n) is 1.81. The first-order valence-electron chi connectivity index (χ1n) is 4.75. The van der Waals surface area contributed by atoms with Crippen LogP contribution in [0.15, 0.2) is 4.47 Å². The van der Waals surface area contributed by atoms with Crippen molar-refractivity contribution in [2.24, 2.45) is 5.92 Å². The van der Waals surface area contributed by atoms with Crippen molar-refractivity contribution in [1.29, 1.82) is 0 Å². The van der Waals surface area contributed by atoms with Crippen LogP contribution < -0.4 is 5.32 Å². The molecule has 0 fully saturated rings. The second kappa shape index (κ2) is 4.73. The van der Waals surface area contributed by atoms with E-state index in [1.165, 1.54) is 0 Å². The summed E-state index contributed by atoms with van der Waals surface area (Å²) >= 11 is 3.48. The highest BCUT2D eigenvalue weighted by Crippen LogP contribution is 2.22. The lowest BCUT2D eigenvalue weighted by atomic mass is 10.2. The molecule has 0 bridgehead atoms. The fraction of sp³-hybridized carbons (Fsp3) is 0.600. The number of anilines is 1. The Morgan fingerprint density at radius 2 is 1.93 bits per heavy atom. The lowest BCUT2D eigenvalue weighted by molar-refractivity contribution is 0.685. The first-order valence-corrected chi connectivity index (χ1v) is 5.54. The zero-order valence-corrected chi connectivity index (χ0v) is 10.6. The maximum Gasteiger partial charge on any atom is 0.144 e. The number of aromatic nitrogens is 2. The van der Waals surface area contributed by atoms with Gasteiger partial charge in [-0.25, -0.2) is 9.97 Å². The van der Waals surface area contributed by atoms with Crippen molar-refractivity contribution in [3.63, 3.8) is 0 Å². The molecule has 0 aliphatic rings. The average molecular weight is 258 g/mol. The number of nitrogens with one attached hydrogen (secondary N) is 1. The molecule has 3 nitrogen and oxygen atoms in total. The van der Waals surface area contributed by atoms with E-state index in [4.69, 9.17) is 0 Å². The Morgan fingerprint density at radius 1 is 1.29 bits per heavy atom. The van der Waals surface area contributed by atoms with Crippen LogP contribution >= 0.6 is 15.9 Å². The molecule has 0 aliphatic carbocycles. The van der Waals surface area contributed by atoms with E-state index >= 15 is 0 Å². The monoisotopic (exact) mass is 257 g/mol. The van der Waals surface area contributed by atoms with Gasteiger partial charge in [0.2, 0.25) is 0 Å². The molecular weight excluding hydrogens is 242 g/mol. The van der Waals surface area contributed by atoms with Crippen LogP contribution in [0.5, 0.6) is 0 Å². The molecule has 4 heteroatoms. The van der Waals surface area contributed by atoms with Crippen molar-refractivity contribution in [2.75, 3.05) is 11.9 Å². The van der Waals surface area contributed by atoms with Gasteiger partial charge in [0.05, 0.1) is 10.2 Å². The predicted octanol–water partition coefficient (Wildman–Crippen LogP) is 2.92. The van der Waals surface area contributed by atoms with Gasteiger partial charge < -0.3 is 5.32 Å². The van der Waals surface area contributed by atoms with E-state index in [0.29, 0.717) is 5.92 Å². The van der Waals surface area contributed by atoms with Crippen molar-refractivity contribution in [3.8, 4) is 0 Å².